The van der Waals surface area contributed by atoms with Crippen molar-refractivity contribution >= 4 is 23.7 Å². The van der Waals surface area contributed by atoms with E-state index < -0.39 is 0 Å². The number of nitrogens with zero attached hydrogens (tertiary/aromatic N) is 2. The average Bonchev–Trinajstić information content (AvgIpc) is 2.86. The lowest BCUT2D eigenvalue weighted by Gasteiger charge is -2.39. The Morgan fingerprint density at radius 3 is 2.24 bits per heavy atom. The maximum Gasteiger partial charge on any atom is 0.255 e. The molecule has 1 N–H and O–H groups in total. The Kier molecular flexibility index (Phi) is 7.18. The molecule has 0 radical (unpaired) electrons. The van der Waals surface area contributed by atoms with Gasteiger partial charge in [0.25, 0.3) is 5.91 Å². The van der Waals surface area contributed by atoms with Gasteiger partial charge in [0.15, 0.2) is 0 Å². The Labute approximate surface area is 196 Å². The van der Waals surface area contributed by atoms with E-state index in [1.165, 1.54) is 5.56 Å². The summed E-state index contributed by atoms with van der Waals surface area (Å²) in [6.45, 7) is 11.7. The van der Waals surface area contributed by atoms with Gasteiger partial charge in [-0.2, -0.15) is 0 Å². The lowest BCUT2D eigenvalue weighted by molar-refractivity contribution is 0.102. The highest BCUT2D eigenvalue weighted by Crippen LogP contribution is 2.34. The van der Waals surface area contributed by atoms with Crippen molar-refractivity contribution in [1.82, 2.24) is 9.80 Å². The first-order chi connectivity index (χ1) is 16.1. The molecule has 1 amide bonds. The van der Waals surface area contributed by atoms with Gasteiger partial charge in [-0.1, -0.05) is 79.9 Å². The zero-order valence-electron chi connectivity index (χ0n) is 19.2. The summed E-state index contributed by atoms with van der Waals surface area (Å²) in [6.07, 6.45) is 3.52. The zero-order chi connectivity index (χ0) is 23.2. The summed E-state index contributed by atoms with van der Waals surface area (Å²) in [5.41, 5.74) is 5.62. The SMILES string of the molecule is C=Cc1ccc(C(=O)Nc2ccccc2C(c2ccccc2)N2CCN(C)CC2)cc1C=C. The first kappa shape index (κ1) is 22.7. The third kappa shape index (κ3) is 5.14. The van der Waals surface area contributed by atoms with Gasteiger partial charge in [0.05, 0.1) is 6.04 Å². The topological polar surface area (TPSA) is 35.6 Å². The molecule has 4 heteroatoms. The minimum absolute atomic E-state index is 0.0725. The van der Waals surface area contributed by atoms with Crippen LogP contribution in [0.2, 0.25) is 0 Å². The number of para-hydroxylation sites is 1. The van der Waals surface area contributed by atoms with Crippen LogP contribution in [0.4, 0.5) is 5.69 Å². The van der Waals surface area contributed by atoms with Crippen molar-refractivity contribution in [1.29, 1.82) is 0 Å². The normalized spacial score (nSPS) is 15.5. The molecule has 1 unspecified atom stereocenters. The molecule has 3 aromatic rings. The molecular formula is C29H31N3O. The number of piperazine rings is 1. The predicted octanol–water partition coefficient (Wildman–Crippen LogP) is 5.56. The van der Waals surface area contributed by atoms with E-state index in [0.29, 0.717) is 5.56 Å². The smallest absolute Gasteiger partial charge is 0.255 e. The number of hydrogen-bond acceptors (Lipinski definition) is 3. The molecule has 0 aliphatic carbocycles. The first-order valence-corrected chi connectivity index (χ1v) is 11.4. The molecule has 1 heterocycles. The van der Waals surface area contributed by atoms with Gasteiger partial charge in [-0.05, 0) is 47.5 Å². The molecule has 33 heavy (non-hydrogen) atoms. The lowest BCUT2D eigenvalue weighted by atomic mass is 9.94. The van der Waals surface area contributed by atoms with Gasteiger partial charge >= 0.3 is 0 Å². The van der Waals surface area contributed by atoms with Crippen LogP contribution in [-0.4, -0.2) is 48.9 Å². The molecule has 0 aromatic heterocycles. The van der Waals surface area contributed by atoms with E-state index >= 15 is 0 Å². The van der Waals surface area contributed by atoms with Crippen LogP contribution in [0.5, 0.6) is 0 Å². The van der Waals surface area contributed by atoms with Gasteiger partial charge in [0.1, 0.15) is 0 Å². The monoisotopic (exact) mass is 437 g/mol. The Balaban J connectivity index is 1.68. The maximum absolute atomic E-state index is 13.2. The Bertz CT molecular complexity index is 1130. The van der Waals surface area contributed by atoms with E-state index in [2.05, 4.69) is 65.7 Å². The number of amides is 1. The molecular weight excluding hydrogens is 406 g/mol. The van der Waals surface area contributed by atoms with Gasteiger partial charge < -0.3 is 10.2 Å². The molecule has 1 saturated heterocycles. The van der Waals surface area contributed by atoms with Gasteiger partial charge in [-0.15, -0.1) is 0 Å². The number of nitrogens with one attached hydrogen (secondary N) is 1. The van der Waals surface area contributed by atoms with Gasteiger partial charge in [0.2, 0.25) is 0 Å². The van der Waals surface area contributed by atoms with E-state index in [4.69, 9.17) is 0 Å². The van der Waals surface area contributed by atoms with Gasteiger partial charge in [-0.25, -0.2) is 0 Å². The van der Waals surface area contributed by atoms with Crippen molar-refractivity contribution in [3.05, 3.63) is 114 Å². The third-order valence-electron chi connectivity index (χ3n) is 6.31. The molecule has 1 atom stereocenters. The number of carbonyl (C=O) groups excluding carboxylic acids is 1. The van der Waals surface area contributed by atoms with Crippen molar-refractivity contribution in [2.75, 3.05) is 38.5 Å². The molecule has 3 aromatic carbocycles. The zero-order valence-corrected chi connectivity index (χ0v) is 19.2. The Hall–Kier alpha value is -3.47. The number of carbonyl (C=O) groups is 1. The van der Waals surface area contributed by atoms with Crippen LogP contribution in [0.3, 0.4) is 0 Å². The van der Waals surface area contributed by atoms with E-state index in [-0.39, 0.29) is 11.9 Å². The second-order valence-electron chi connectivity index (χ2n) is 8.45. The van der Waals surface area contributed by atoms with Crippen molar-refractivity contribution in [2.45, 2.75) is 6.04 Å². The molecule has 1 aliphatic heterocycles. The number of benzene rings is 3. The van der Waals surface area contributed by atoms with Crippen LogP contribution in [0.25, 0.3) is 12.2 Å². The molecule has 168 valence electrons. The van der Waals surface area contributed by atoms with Gasteiger partial charge in [-0.3, -0.25) is 9.69 Å². The largest absolute Gasteiger partial charge is 0.322 e. The van der Waals surface area contributed by atoms with Crippen molar-refractivity contribution in [2.24, 2.45) is 0 Å². The number of rotatable bonds is 7. The van der Waals surface area contributed by atoms with Crippen molar-refractivity contribution in [3.63, 3.8) is 0 Å². The van der Waals surface area contributed by atoms with Crippen LogP contribution in [0, 0.1) is 0 Å². The van der Waals surface area contributed by atoms with Crippen LogP contribution in [-0.2, 0) is 0 Å². The summed E-state index contributed by atoms with van der Waals surface area (Å²) in [7, 11) is 2.16. The fraction of sp³-hybridized carbons (Fsp3) is 0.207. The quantitative estimate of drug-likeness (QED) is 0.525. The molecule has 4 rings (SSSR count). The Morgan fingerprint density at radius 1 is 0.879 bits per heavy atom. The maximum atomic E-state index is 13.2. The minimum Gasteiger partial charge on any atom is -0.322 e. The fourth-order valence-corrected chi connectivity index (χ4v) is 4.42. The van der Waals surface area contributed by atoms with Crippen molar-refractivity contribution in [3.8, 4) is 0 Å². The summed E-state index contributed by atoms with van der Waals surface area (Å²) < 4.78 is 0. The highest BCUT2D eigenvalue weighted by Gasteiger charge is 2.27. The summed E-state index contributed by atoms with van der Waals surface area (Å²) in [4.78, 5) is 18.1. The van der Waals surface area contributed by atoms with E-state index in [9.17, 15) is 4.79 Å². The first-order valence-electron chi connectivity index (χ1n) is 11.4. The highest BCUT2D eigenvalue weighted by molar-refractivity contribution is 6.05. The highest BCUT2D eigenvalue weighted by atomic mass is 16.1. The molecule has 1 fully saturated rings. The summed E-state index contributed by atoms with van der Waals surface area (Å²) in [5.74, 6) is -0.133. The second-order valence-corrected chi connectivity index (χ2v) is 8.45. The predicted molar refractivity (Wildman–Crippen MR) is 138 cm³/mol. The summed E-state index contributed by atoms with van der Waals surface area (Å²) in [6, 6.07) is 24.4. The molecule has 0 saturated carbocycles. The average molecular weight is 438 g/mol. The van der Waals surface area contributed by atoms with Crippen molar-refractivity contribution < 1.29 is 4.79 Å². The lowest BCUT2D eigenvalue weighted by Crippen LogP contribution is -2.46. The van der Waals surface area contributed by atoms with E-state index in [0.717, 1.165) is 48.6 Å². The second kappa shape index (κ2) is 10.4. The summed E-state index contributed by atoms with van der Waals surface area (Å²) >= 11 is 0. The number of likely N-dealkylation sites (N-methyl/N-ethyl adjacent to an activating group) is 1. The van der Waals surface area contributed by atoms with E-state index in [1.807, 2.05) is 42.5 Å². The molecule has 4 nitrogen and oxygen atoms in total. The van der Waals surface area contributed by atoms with Gasteiger partial charge in [0, 0.05) is 37.4 Å². The molecule has 0 bridgehead atoms. The van der Waals surface area contributed by atoms with E-state index in [1.54, 1.807) is 12.2 Å². The standard InChI is InChI=1S/C29H31N3O/c1-4-22-15-16-25(21-23(22)5-2)29(33)30-27-14-10-9-13-26(27)28(24-11-7-6-8-12-24)32-19-17-31(3)18-20-32/h4-16,21,28H,1-2,17-20H2,3H3,(H,30,33). The van der Waals surface area contributed by atoms with Crippen LogP contribution < -0.4 is 5.32 Å². The van der Waals surface area contributed by atoms with Crippen LogP contribution in [0.1, 0.15) is 38.7 Å². The third-order valence-corrected chi connectivity index (χ3v) is 6.31. The summed E-state index contributed by atoms with van der Waals surface area (Å²) in [5, 5.41) is 3.18. The molecule has 1 aliphatic rings. The molecule has 0 spiro atoms. The number of anilines is 1. The minimum atomic E-state index is -0.133. The van der Waals surface area contributed by atoms with Crippen LogP contribution in [0.15, 0.2) is 86.0 Å². The number of hydrogen-bond donors (Lipinski definition) is 1. The Morgan fingerprint density at radius 2 is 1.55 bits per heavy atom. The van der Waals surface area contributed by atoms with Crippen LogP contribution >= 0.6 is 0 Å². The fourth-order valence-electron chi connectivity index (χ4n) is 4.42.